The summed E-state index contributed by atoms with van der Waals surface area (Å²) in [5.74, 6) is -0.0686. The molecule has 1 unspecified atom stereocenters. The molecule has 0 aromatic carbocycles. The monoisotopic (exact) mass is 298 g/mol. The zero-order valence-electron chi connectivity index (χ0n) is 10.4. The average Bonchev–Trinajstić information content (AvgIpc) is 3.04. The van der Waals surface area contributed by atoms with Crippen LogP contribution in [-0.4, -0.2) is 35.3 Å². The molecule has 4 nitrogen and oxygen atoms in total. The molecular formula is C13H15ClN2O2S. The molecule has 1 saturated heterocycles. The third-order valence-electron chi connectivity index (χ3n) is 3.49. The summed E-state index contributed by atoms with van der Waals surface area (Å²) in [4.78, 5) is 26.5. The number of halogens is 1. The topological polar surface area (TPSA) is 49.4 Å². The summed E-state index contributed by atoms with van der Waals surface area (Å²) in [6.45, 7) is 0.693. The largest absolute Gasteiger partial charge is 0.305 e. The van der Waals surface area contributed by atoms with Gasteiger partial charge in [0.25, 0.3) is 0 Å². The van der Waals surface area contributed by atoms with Crippen LogP contribution in [0.2, 0.25) is 4.34 Å². The second-order valence-electron chi connectivity index (χ2n) is 5.00. The zero-order valence-corrected chi connectivity index (χ0v) is 12.0. The second-order valence-corrected chi connectivity index (χ2v) is 6.80. The van der Waals surface area contributed by atoms with Gasteiger partial charge in [-0.05, 0) is 31.4 Å². The highest BCUT2D eigenvalue weighted by Gasteiger charge is 2.45. The fourth-order valence-corrected chi connectivity index (χ4v) is 3.47. The van der Waals surface area contributed by atoms with E-state index in [0.717, 1.165) is 23.6 Å². The van der Waals surface area contributed by atoms with Crippen LogP contribution in [0.5, 0.6) is 0 Å². The molecule has 1 aromatic rings. The van der Waals surface area contributed by atoms with Gasteiger partial charge in [0.15, 0.2) is 0 Å². The summed E-state index contributed by atoms with van der Waals surface area (Å²) in [7, 11) is 0. The highest BCUT2D eigenvalue weighted by atomic mass is 35.5. The van der Waals surface area contributed by atoms with E-state index in [1.54, 1.807) is 11.3 Å². The van der Waals surface area contributed by atoms with Gasteiger partial charge >= 0.3 is 0 Å². The average molecular weight is 299 g/mol. The van der Waals surface area contributed by atoms with Gasteiger partial charge < -0.3 is 5.32 Å². The summed E-state index contributed by atoms with van der Waals surface area (Å²) >= 11 is 7.41. The maximum Gasteiger partial charge on any atom is 0.247 e. The van der Waals surface area contributed by atoms with Crippen molar-refractivity contribution in [3.63, 3.8) is 0 Å². The summed E-state index contributed by atoms with van der Waals surface area (Å²) in [5.41, 5.74) is 0. The third kappa shape index (κ3) is 2.83. The quantitative estimate of drug-likeness (QED) is 0.844. The summed E-state index contributed by atoms with van der Waals surface area (Å²) in [5, 5.41) is 3.18. The Morgan fingerprint density at radius 3 is 2.79 bits per heavy atom. The van der Waals surface area contributed by atoms with Gasteiger partial charge in [-0.3, -0.25) is 14.5 Å². The van der Waals surface area contributed by atoms with Crippen LogP contribution in [0.3, 0.4) is 0 Å². The molecule has 0 bridgehead atoms. The Labute approximate surface area is 120 Å². The lowest BCUT2D eigenvalue weighted by Gasteiger charge is -2.14. The van der Waals surface area contributed by atoms with Crippen LogP contribution in [0.25, 0.3) is 0 Å². The van der Waals surface area contributed by atoms with Crippen molar-refractivity contribution >= 4 is 34.8 Å². The first-order chi connectivity index (χ1) is 9.15. The lowest BCUT2D eigenvalue weighted by atomic mass is 10.2. The fourth-order valence-electron chi connectivity index (χ4n) is 2.38. The molecule has 2 aliphatic rings. The molecule has 0 radical (unpaired) electrons. The lowest BCUT2D eigenvalue weighted by Crippen LogP contribution is -2.40. The normalized spacial score (nSPS) is 23.4. The summed E-state index contributed by atoms with van der Waals surface area (Å²) in [6.07, 6.45) is 3.08. The van der Waals surface area contributed by atoms with Gasteiger partial charge in [0.05, 0.1) is 16.8 Å². The molecule has 1 saturated carbocycles. The molecule has 102 valence electrons. The summed E-state index contributed by atoms with van der Waals surface area (Å²) < 4.78 is 0.780. The first-order valence-corrected chi connectivity index (χ1v) is 7.68. The van der Waals surface area contributed by atoms with Crippen molar-refractivity contribution in [1.82, 2.24) is 10.2 Å². The van der Waals surface area contributed by atoms with Crippen molar-refractivity contribution in [2.24, 2.45) is 0 Å². The number of thiophene rings is 1. The Kier molecular flexibility index (Phi) is 3.60. The maximum atomic E-state index is 12.1. The van der Waals surface area contributed by atoms with E-state index in [9.17, 15) is 9.59 Å². The fraction of sp³-hybridized carbons (Fsp3) is 0.538. The smallest absolute Gasteiger partial charge is 0.247 e. The van der Waals surface area contributed by atoms with E-state index in [0.29, 0.717) is 13.0 Å². The van der Waals surface area contributed by atoms with Gasteiger partial charge in [0.1, 0.15) is 0 Å². The molecule has 0 spiro atoms. The molecule has 1 aromatic heterocycles. The van der Waals surface area contributed by atoms with Gasteiger partial charge in [-0.1, -0.05) is 11.6 Å². The highest BCUT2D eigenvalue weighted by Crippen LogP contribution is 2.31. The van der Waals surface area contributed by atoms with Gasteiger partial charge in [0.2, 0.25) is 11.8 Å². The number of carbonyl (C=O) groups is 2. The van der Waals surface area contributed by atoms with Crippen LogP contribution in [0.4, 0.5) is 0 Å². The van der Waals surface area contributed by atoms with E-state index >= 15 is 0 Å². The Morgan fingerprint density at radius 1 is 1.37 bits per heavy atom. The minimum Gasteiger partial charge on any atom is -0.305 e. The van der Waals surface area contributed by atoms with Crippen molar-refractivity contribution in [3.8, 4) is 0 Å². The van der Waals surface area contributed by atoms with Crippen LogP contribution in [-0.2, 0) is 16.0 Å². The molecule has 3 rings (SSSR count). The van der Waals surface area contributed by atoms with Gasteiger partial charge in [0, 0.05) is 17.5 Å². The molecule has 1 aliphatic carbocycles. The molecule has 2 fully saturated rings. The SMILES string of the molecule is O=C1CC(NCCc2ccc(Cl)s2)C(=O)N1C1CC1. The minimum atomic E-state index is -0.330. The van der Waals surface area contributed by atoms with Crippen LogP contribution >= 0.6 is 22.9 Å². The van der Waals surface area contributed by atoms with Crippen LogP contribution in [0.15, 0.2) is 12.1 Å². The molecular weight excluding hydrogens is 284 g/mol. The van der Waals surface area contributed by atoms with Crippen molar-refractivity contribution in [2.45, 2.75) is 37.8 Å². The molecule has 1 aliphatic heterocycles. The first-order valence-electron chi connectivity index (χ1n) is 6.48. The molecule has 1 N–H and O–H groups in total. The van der Waals surface area contributed by atoms with Gasteiger partial charge in [-0.25, -0.2) is 0 Å². The van der Waals surface area contributed by atoms with Gasteiger partial charge in [-0.2, -0.15) is 0 Å². The molecule has 6 heteroatoms. The van der Waals surface area contributed by atoms with E-state index in [-0.39, 0.29) is 23.9 Å². The second kappa shape index (κ2) is 5.23. The Bertz CT molecular complexity index is 512. The predicted molar refractivity (Wildman–Crippen MR) is 74.3 cm³/mol. The number of amides is 2. The number of carbonyl (C=O) groups excluding carboxylic acids is 2. The van der Waals surface area contributed by atoms with Crippen LogP contribution in [0, 0.1) is 0 Å². The predicted octanol–water partition coefficient (Wildman–Crippen LogP) is 1.82. The third-order valence-corrected chi connectivity index (χ3v) is 4.78. The Morgan fingerprint density at radius 2 is 2.16 bits per heavy atom. The van der Waals surface area contributed by atoms with Crippen molar-refractivity contribution in [3.05, 3.63) is 21.3 Å². The first kappa shape index (κ1) is 13.1. The Hall–Kier alpha value is -0.910. The number of hydrogen-bond donors (Lipinski definition) is 1. The lowest BCUT2D eigenvalue weighted by molar-refractivity contribution is -0.139. The van der Waals surface area contributed by atoms with E-state index in [1.165, 1.54) is 9.78 Å². The molecule has 1 atom stereocenters. The maximum absolute atomic E-state index is 12.1. The van der Waals surface area contributed by atoms with Crippen LogP contribution in [0.1, 0.15) is 24.1 Å². The van der Waals surface area contributed by atoms with E-state index < -0.39 is 0 Å². The van der Waals surface area contributed by atoms with E-state index in [2.05, 4.69) is 5.32 Å². The summed E-state index contributed by atoms with van der Waals surface area (Å²) in [6, 6.07) is 3.72. The molecule has 19 heavy (non-hydrogen) atoms. The van der Waals surface area contributed by atoms with E-state index in [4.69, 9.17) is 11.6 Å². The number of likely N-dealkylation sites (tertiary alicyclic amines) is 1. The highest BCUT2D eigenvalue weighted by molar-refractivity contribution is 7.16. The molecule has 2 heterocycles. The standard InChI is InChI=1S/C13H15ClN2O2S/c14-11-4-3-9(19-11)5-6-15-10-7-12(17)16(13(10)18)8-1-2-8/h3-4,8,10,15H,1-2,5-7H2. The minimum absolute atomic E-state index is 0.0239. The van der Waals surface area contributed by atoms with E-state index in [1.807, 2.05) is 12.1 Å². The number of hydrogen-bond acceptors (Lipinski definition) is 4. The zero-order chi connectivity index (χ0) is 13.4. The van der Waals surface area contributed by atoms with Crippen molar-refractivity contribution < 1.29 is 9.59 Å². The number of rotatable bonds is 5. The number of imide groups is 1. The Balaban J connectivity index is 1.50. The molecule has 2 amide bonds. The van der Waals surface area contributed by atoms with Crippen molar-refractivity contribution in [2.75, 3.05) is 6.54 Å². The number of nitrogens with one attached hydrogen (secondary N) is 1. The van der Waals surface area contributed by atoms with Gasteiger partial charge in [-0.15, -0.1) is 11.3 Å². The van der Waals surface area contributed by atoms with Crippen molar-refractivity contribution in [1.29, 1.82) is 0 Å². The number of nitrogens with zero attached hydrogens (tertiary/aromatic N) is 1. The van der Waals surface area contributed by atoms with Crippen LogP contribution < -0.4 is 5.32 Å².